The summed E-state index contributed by atoms with van der Waals surface area (Å²) in [6.45, 7) is 0.860. The average Bonchev–Trinajstić information content (AvgIpc) is 2.70. The zero-order valence-corrected chi connectivity index (χ0v) is 14.2. The molecule has 0 saturated heterocycles. The molecule has 0 radical (unpaired) electrons. The van der Waals surface area contributed by atoms with Gasteiger partial charge >= 0.3 is 0 Å². The highest BCUT2D eigenvalue weighted by Gasteiger charge is 2.21. The summed E-state index contributed by atoms with van der Waals surface area (Å²) in [6.07, 6.45) is -3.10. The Morgan fingerprint density at radius 2 is 1.85 bits per heavy atom. The number of aromatic nitrogens is 1. The van der Waals surface area contributed by atoms with Crippen LogP contribution in [-0.2, 0) is 0 Å². The van der Waals surface area contributed by atoms with Crippen molar-refractivity contribution in [2.24, 2.45) is 0 Å². The molecule has 7 heteroatoms. The Kier molecular flexibility index (Phi) is 5.90. The van der Waals surface area contributed by atoms with Crippen molar-refractivity contribution in [2.75, 3.05) is 18.5 Å². The number of nitrogens with one attached hydrogen (secondary N) is 1. The molecule has 4 nitrogen and oxygen atoms in total. The lowest BCUT2D eigenvalue weighted by Gasteiger charge is -2.12. The number of anilines is 1. The molecule has 1 unspecified atom stereocenters. The molecule has 1 aromatic heterocycles. The molecule has 0 saturated carbocycles. The molecule has 0 aliphatic heterocycles. The van der Waals surface area contributed by atoms with Gasteiger partial charge < -0.3 is 10.1 Å². The number of carbonyl (C=O) groups excluding carboxylic acids is 1. The number of alkyl halides is 3. The van der Waals surface area contributed by atoms with Crippen LogP contribution in [0.25, 0.3) is 10.9 Å². The van der Waals surface area contributed by atoms with Crippen molar-refractivity contribution in [3.05, 3.63) is 65.9 Å². The number of halogens is 3. The van der Waals surface area contributed by atoms with Crippen LogP contribution in [0.3, 0.4) is 0 Å². The molecule has 1 heterocycles. The Labute approximate surface area is 154 Å². The number of hydrogen-bond acceptors (Lipinski definition) is 4. The highest BCUT2D eigenvalue weighted by Crippen LogP contribution is 2.29. The Bertz CT molecular complexity index is 917. The fraction of sp³-hybridized carbons (Fsp3) is 0.200. The van der Waals surface area contributed by atoms with Gasteiger partial charge in [0.25, 0.3) is 6.43 Å². The number of ether oxygens (including phenoxy) is 1. The molecule has 140 valence electrons. The van der Waals surface area contributed by atoms with E-state index >= 15 is 0 Å². The summed E-state index contributed by atoms with van der Waals surface area (Å²) in [6, 6.07) is 12.8. The van der Waals surface area contributed by atoms with Gasteiger partial charge in [-0.15, -0.1) is 0 Å². The van der Waals surface area contributed by atoms with Gasteiger partial charge in [0.15, 0.2) is 6.17 Å². The lowest BCUT2D eigenvalue weighted by atomic mass is 10.1. The third kappa shape index (κ3) is 4.55. The number of benzene rings is 2. The second-order valence-corrected chi connectivity index (χ2v) is 5.83. The van der Waals surface area contributed by atoms with Crippen molar-refractivity contribution >= 4 is 22.9 Å². The van der Waals surface area contributed by atoms with E-state index < -0.39 is 12.6 Å². The minimum absolute atomic E-state index is 0.0933. The van der Waals surface area contributed by atoms with Gasteiger partial charge in [-0.3, -0.25) is 9.78 Å². The van der Waals surface area contributed by atoms with Crippen LogP contribution in [0.4, 0.5) is 18.9 Å². The highest BCUT2D eigenvalue weighted by atomic mass is 19.3. The monoisotopic (exact) mass is 374 g/mol. The maximum Gasteiger partial charge on any atom is 0.273 e. The molecule has 3 aromatic rings. The van der Waals surface area contributed by atoms with Crippen molar-refractivity contribution in [1.82, 2.24) is 4.98 Å². The lowest BCUT2D eigenvalue weighted by molar-refractivity contribution is 0.0496. The third-order valence-corrected chi connectivity index (χ3v) is 4.01. The summed E-state index contributed by atoms with van der Waals surface area (Å²) in [5.41, 5.74) is 1.67. The second kappa shape index (κ2) is 8.53. The highest BCUT2D eigenvalue weighted by molar-refractivity contribution is 5.91. The zero-order chi connectivity index (χ0) is 19.2. The molecule has 0 fully saturated rings. The van der Waals surface area contributed by atoms with Gasteiger partial charge in [-0.05, 0) is 42.0 Å². The van der Waals surface area contributed by atoms with E-state index in [1.54, 1.807) is 36.4 Å². The normalized spacial score (nSPS) is 12.1. The molecule has 0 spiro atoms. The second-order valence-electron chi connectivity index (χ2n) is 5.83. The van der Waals surface area contributed by atoms with E-state index in [0.29, 0.717) is 35.4 Å². The topological polar surface area (TPSA) is 51.2 Å². The van der Waals surface area contributed by atoms with Crippen molar-refractivity contribution in [3.8, 4) is 5.75 Å². The molecule has 0 aliphatic rings. The van der Waals surface area contributed by atoms with E-state index in [-0.39, 0.29) is 5.56 Å². The lowest BCUT2D eigenvalue weighted by Crippen LogP contribution is -2.12. The summed E-state index contributed by atoms with van der Waals surface area (Å²) in [7, 11) is 0. The van der Waals surface area contributed by atoms with E-state index in [0.717, 1.165) is 12.0 Å². The standard InChI is InChI=1S/C20H17F3N2O2/c21-19(20(22)23)14-3-6-16-17(7-8-24-18(16)11-14)25-9-10-27-15-4-1-13(12-26)2-5-15/h1-8,11-12,19-20H,9-10H2,(H,24,25). The maximum atomic E-state index is 13.5. The van der Waals surface area contributed by atoms with Gasteiger partial charge in [-0.25, -0.2) is 13.2 Å². The third-order valence-electron chi connectivity index (χ3n) is 4.01. The Morgan fingerprint density at radius 3 is 2.56 bits per heavy atom. The van der Waals surface area contributed by atoms with E-state index in [9.17, 15) is 18.0 Å². The van der Waals surface area contributed by atoms with Crippen LogP contribution >= 0.6 is 0 Å². The first-order valence-corrected chi connectivity index (χ1v) is 8.31. The fourth-order valence-corrected chi connectivity index (χ4v) is 2.63. The molecule has 1 N–H and O–H groups in total. The van der Waals surface area contributed by atoms with Crippen molar-refractivity contribution in [2.45, 2.75) is 12.6 Å². The molecular weight excluding hydrogens is 357 g/mol. The SMILES string of the molecule is O=Cc1ccc(OCCNc2ccnc3cc(C(F)C(F)F)ccc23)cc1. The molecule has 3 rings (SSSR count). The van der Waals surface area contributed by atoms with Crippen LogP contribution in [0.15, 0.2) is 54.7 Å². The maximum absolute atomic E-state index is 13.5. The number of fused-ring (bicyclic) bond motifs is 1. The quantitative estimate of drug-likeness (QED) is 0.454. The van der Waals surface area contributed by atoms with E-state index in [2.05, 4.69) is 10.3 Å². The summed E-state index contributed by atoms with van der Waals surface area (Å²) < 4.78 is 44.2. The van der Waals surface area contributed by atoms with Crippen LogP contribution in [0, 0.1) is 0 Å². The van der Waals surface area contributed by atoms with Gasteiger partial charge in [0.2, 0.25) is 0 Å². The first-order valence-electron chi connectivity index (χ1n) is 8.31. The minimum atomic E-state index is -3.07. The molecule has 0 amide bonds. The van der Waals surface area contributed by atoms with Crippen molar-refractivity contribution in [3.63, 3.8) is 0 Å². The fourth-order valence-electron chi connectivity index (χ4n) is 2.63. The van der Waals surface area contributed by atoms with Crippen LogP contribution in [0.2, 0.25) is 0 Å². The summed E-state index contributed by atoms with van der Waals surface area (Å²) >= 11 is 0. The van der Waals surface area contributed by atoms with Crippen LogP contribution in [0.1, 0.15) is 22.1 Å². The Morgan fingerprint density at radius 1 is 1.07 bits per heavy atom. The molecule has 0 bridgehead atoms. The minimum Gasteiger partial charge on any atom is -0.492 e. The van der Waals surface area contributed by atoms with Gasteiger partial charge in [-0.2, -0.15) is 0 Å². The van der Waals surface area contributed by atoms with Gasteiger partial charge in [0, 0.05) is 29.4 Å². The Balaban J connectivity index is 1.63. The zero-order valence-electron chi connectivity index (χ0n) is 14.2. The van der Waals surface area contributed by atoms with Crippen LogP contribution < -0.4 is 10.1 Å². The van der Waals surface area contributed by atoms with Crippen LogP contribution in [0.5, 0.6) is 5.75 Å². The van der Waals surface area contributed by atoms with Crippen molar-refractivity contribution in [1.29, 1.82) is 0 Å². The van der Waals surface area contributed by atoms with Crippen LogP contribution in [-0.4, -0.2) is 30.8 Å². The van der Waals surface area contributed by atoms with Gasteiger partial charge in [0.1, 0.15) is 18.6 Å². The molecule has 0 aliphatic carbocycles. The first kappa shape index (κ1) is 18.7. The van der Waals surface area contributed by atoms with E-state index in [1.807, 2.05) is 0 Å². The number of nitrogens with zero attached hydrogens (tertiary/aromatic N) is 1. The number of rotatable bonds is 8. The smallest absolute Gasteiger partial charge is 0.273 e. The predicted molar refractivity (Wildman–Crippen MR) is 97.4 cm³/mol. The largest absolute Gasteiger partial charge is 0.492 e. The summed E-state index contributed by atoms with van der Waals surface area (Å²) in [5, 5.41) is 3.90. The summed E-state index contributed by atoms with van der Waals surface area (Å²) in [4.78, 5) is 14.7. The number of hydrogen-bond donors (Lipinski definition) is 1. The molecular formula is C20H17F3N2O2. The molecule has 1 atom stereocenters. The van der Waals surface area contributed by atoms with Crippen molar-refractivity contribution < 1.29 is 22.7 Å². The number of carbonyl (C=O) groups is 1. The number of aldehydes is 1. The Hall–Kier alpha value is -3.09. The van der Waals surface area contributed by atoms with Gasteiger partial charge in [0.05, 0.1) is 5.52 Å². The summed E-state index contributed by atoms with van der Waals surface area (Å²) in [5.74, 6) is 0.646. The number of pyridine rings is 1. The van der Waals surface area contributed by atoms with E-state index in [4.69, 9.17) is 4.74 Å². The predicted octanol–water partition coefficient (Wildman–Crippen LogP) is 4.81. The first-order chi connectivity index (χ1) is 13.1. The van der Waals surface area contributed by atoms with Gasteiger partial charge in [-0.1, -0.05) is 12.1 Å². The molecule has 27 heavy (non-hydrogen) atoms. The average molecular weight is 374 g/mol. The molecule has 2 aromatic carbocycles. The van der Waals surface area contributed by atoms with E-state index in [1.165, 1.54) is 18.3 Å².